The van der Waals surface area contributed by atoms with Crippen LogP contribution >= 0.6 is 11.3 Å². The Hall–Kier alpha value is -6.24. The van der Waals surface area contributed by atoms with Gasteiger partial charge >= 0.3 is 6.03 Å². The highest BCUT2D eigenvalue weighted by Gasteiger charge is 2.59. The molecule has 0 saturated carbocycles. The maximum absolute atomic E-state index is 15.4. The number of nitrogens with zero attached hydrogens (tertiary/aromatic N) is 9. The van der Waals surface area contributed by atoms with Gasteiger partial charge < -0.3 is 54.6 Å². The molecule has 24 nitrogen and oxygen atoms in total. The molecule has 3 unspecified atom stereocenters. The molecule has 5 rings (SSSR count). The minimum absolute atomic E-state index is 0.107. The molecule has 4 saturated heterocycles. The number of hydrogen-bond donors (Lipinski definition) is 3. The molecule has 4 aliphatic rings. The van der Waals surface area contributed by atoms with E-state index in [1.807, 2.05) is 67.7 Å². The molecule has 1 aromatic heterocycles. The molecule has 4 bridgehead atoms. The average molecular weight is 1240 g/mol. The van der Waals surface area contributed by atoms with E-state index in [2.05, 4.69) is 20.9 Å². The molecule has 0 radical (unpaired) electrons. The minimum Gasteiger partial charge on any atom is -0.368 e. The number of thiazole rings is 1. The van der Waals surface area contributed by atoms with Crippen molar-refractivity contribution >= 4 is 76.4 Å². The molecule has 13 atom stereocenters. The maximum Gasteiger partial charge on any atom is 0.324 e. The van der Waals surface area contributed by atoms with Gasteiger partial charge in [0.05, 0.1) is 22.8 Å². The number of hydrogen-bond acceptors (Lipinski definition) is 14. The monoisotopic (exact) mass is 1240 g/mol. The van der Waals surface area contributed by atoms with Gasteiger partial charge in [0.1, 0.15) is 66.5 Å². The lowest BCUT2D eigenvalue weighted by atomic mass is 9.96. The molecule has 87 heavy (non-hydrogen) atoms. The van der Waals surface area contributed by atoms with Gasteiger partial charge in [-0.25, -0.2) is 9.78 Å². The zero-order chi connectivity index (χ0) is 66.1. The first-order valence-corrected chi connectivity index (χ1v) is 32.0. The smallest absolute Gasteiger partial charge is 0.324 e. The van der Waals surface area contributed by atoms with Crippen LogP contribution in [0.2, 0.25) is 0 Å². The summed E-state index contributed by atoms with van der Waals surface area (Å²) in [6, 6.07) is -13.8. The Morgan fingerprint density at radius 3 is 1.48 bits per heavy atom. The van der Waals surface area contributed by atoms with Crippen molar-refractivity contribution in [3.05, 3.63) is 16.1 Å². The molecule has 25 heteroatoms. The second-order valence-corrected chi connectivity index (χ2v) is 27.6. The van der Waals surface area contributed by atoms with E-state index in [1.165, 1.54) is 109 Å². The number of nitrogens with one attached hydrogen (secondary N) is 3. The van der Waals surface area contributed by atoms with E-state index in [0.29, 0.717) is 19.3 Å². The number of amides is 12. The van der Waals surface area contributed by atoms with Crippen LogP contribution in [-0.2, 0) is 59.1 Å². The fourth-order valence-corrected chi connectivity index (χ4v) is 12.8. The normalized spacial score (nSPS) is 29.2. The van der Waals surface area contributed by atoms with E-state index in [9.17, 15) is 33.6 Å². The van der Waals surface area contributed by atoms with Crippen molar-refractivity contribution < 1.29 is 57.5 Å². The number of aromatic nitrogens is 1. The summed E-state index contributed by atoms with van der Waals surface area (Å²) in [5, 5.41) is 10.7. The van der Waals surface area contributed by atoms with Crippen molar-refractivity contribution in [1.29, 1.82) is 0 Å². The Kier molecular flexibility index (Phi) is 26.3. The van der Waals surface area contributed by atoms with Gasteiger partial charge in [0.25, 0.3) is 0 Å². The lowest BCUT2D eigenvalue weighted by Gasteiger charge is -2.40. The maximum atomic E-state index is 15.4. The summed E-state index contributed by atoms with van der Waals surface area (Å²) in [5.41, 5.74) is 0.855. The Balaban J connectivity index is 1.93. The predicted molar refractivity (Wildman–Crippen MR) is 331 cm³/mol. The first kappa shape index (κ1) is 73.2. The van der Waals surface area contributed by atoms with Crippen molar-refractivity contribution in [3.8, 4) is 0 Å². The van der Waals surface area contributed by atoms with Crippen LogP contribution in [0.3, 0.4) is 0 Å². The second-order valence-electron chi connectivity index (χ2n) is 26.5. The van der Waals surface area contributed by atoms with Gasteiger partial charge in [-0.15, -0.1) is 11.3 Å². The summed E-state index contributed by atoms with van der Waals surface area (Å²) in [7, 11) is 10.1. The Morgan fingerprint density at radius 1 is 0.529 bits per heavy atom. The molecule has 4 fully saturated rings. The van der Waals surface area contributed by atoms with E-state index in [1.54, 1.807) is 27.7 Å². The molecule has 0 aromatic carbocycles. The zero-order valence-electron chi connectivity index (χ0n) is 56.0. The first-order chi connectivity index (χ1) is 40.4. The molecule has 5 heterocycles. The average Bonchev–Trinajstić information content (AvgIpc) is 1.62. The lowest BCUT2D eigenvalue weighted by molar-refractivity contribution is -0.156. The number of likely N-dealkylation sites (N-methyl/N-ethyl adjacent to an activating group) is 7. The number of ether oxygens (including phenoxy) is 1. The largest absolute Gasteiger partial charge is 0.368 e. The number of urea groups is 1. The van der Waals surface area contributed by atoms with Crippen LogP contribution in [0.4, 0.5) is 4.79 Å². The summed E-state index contributed by atoms with van der Waals surface area (Å²) in [4.78, 5) is 177. The predicted octanol–water partition coefficient (Wildman–Crippen LogP) is 3.91. The molecule has 0 aliphatic carbocycles. The molecular weight excluding hydrogens is 1140 g/mol. The highest BCUT2D eigenvalue weighted by atomic mass is 32.1. The molecule has 490 valence electrons. The van der Waals surface area contributed by atoms with Crippen LogP contribution in [-0.4, -0.2) is 237 Å². The summed E-state index contributed by atoms with van der Waals surface area (Å²) < 4.78 is 6.92. The van der Waals surface area contributed by atoms with Crippen molar-refractivity contribution in [2.45, 2.75) is 234 Å². The second kappa shape index (κ2) is 31.3. The number of carbonyl (C=O) groups is 11. The quantitative estimate of drug-likeness (QED) is 0.223. The fourth-order valence-electron chi connectivity index (χ4n) is 12.2. The third-order valence-corrected chi connectivity index (χ3v) is 18.3. The number of imide groups is 1. The third kappa shape index (κ3) is 17.3. The van der Waals surface area contributed by atoms with Gasteiger partial charge in [-0.05, 0) is 109 Å². The van der Waals surface area contributed by atoms with Gasteiger partial charge in [-0.2, -0.15) is 0 Å². The topological polar surface area (TPSA) is 272 Å². The van der Waals surface area contributed by atoms with Crippen LogP contribution in [0.5, 0.6) is 0 Å². The van der Waals surface area contributed by atoms with Crippen LogP contribution in [0.25, 0.3) is 0 Å². The summed E-state index contributed by atoms with van der Waals surface area (Å²) in [6.07, 6.45) is -0.0178. The summed E-state index contributed by atoms with van der Waals surface area (Å²) >= 11 is 1.51. The number of carbonyl (C=O) groups excluding carboxylic acids is 11. The van der Waals surface area contributed by atoms with Crippen LogP contribution in [0, 0.1) is 36.5 Å². The number of rotatable bonds is 14. The van der Waals surface area contributed by atoms with E-state index in [0.717, 1.165) is 15.6 Å². The molecular formula is C62H104N12O12S. The zero-order valence-corrected chi connectivity index (χ0v) is 56.8. The SMILES string of the molecule is CC[C@@H]1C(=O)N(C)[C@H](C)C(=O)N(C)[C@@H](CC(C)C)C(=O)N[C@H](C(C)C)C(=O)N(C)[C@H](CC(C)C)C(=O)NC(C)C(=O)NC(=O)N(C)[C@H](CC(C)C)C(=O)N(C)C(CC(C)C)C(=O)N(C)[C@@H]2C(=O)N(C)[C@@H]3C(=O)N1[C@H](CCCc1csc(C)n1)[C@H]3OC2C. The summed E-state index contributed by atoms with van der Waals surface area (Å²) in [6.45, 7) is 26.6. The Labute approximate surface area is 520 Å². The molecule has 1 aromatic rings. The number of aryl methyl sites for hydroxylation is 2. The molecule has 4 aliphatic heterocycles. The molecule has 0 spiro atoms. The number of fused-ring (bicyclic) bond motifs is 27. The van der Waals surface area contributed by atoms with Gasteiger partial charge in [-0.1, -0.05) is 76.2 Å². The van der Waals surface area contributed by atoms with E-state index >= 15 is 19.2 Å². The minimum atomic E-state index is -1.33. The van der Waals surface area contributed by atoms with Crippen molar-refractivity contribution in [2.75, 3.05) is 49.3 Å². The van der Waals surface area contributed by atoms with E-state index < -0.39 is 150 Å². The van der Waals surface area contributed by atoms with Crippen LogP contribution in [0.1, 0.15) is 153 Å². The van der Waals surface area contributed by atoms with Gasteiger partial charge in [-0.3, -0.25) is 53.3 Å². The van der Waals surface area contributed by atoms with E-state index in [-0.39, 0.29) is 55.8 Å². The lowest BCUT2D eigenvalue weighted by Crippen LogP contribution is -2.62. The summed E-state index contributed by atoms with van der Waals surface area (Å²) in [5.74, 6) is -7.60. The third-order valence-electron chi connectivity index (χ3n) is 17.4. The standard InChI is InChI=1S/C62H104N12O12S/c1-23-42-56(79)67(16)38(13)55(78)68(17)45(28-33(4)5)54(77)65-48(36(10)11)59(82)69(18)44(27-32(2)3)53(76)63-37(12)52(75)66-62(85)71(20)47(30-35(8)9)57(80)70(19)46(29-34(6)7)58(81)72(21)49-39(14)86-51-43(26-24-25-41-31-87-40(15)64-41)74(42)61(84)50(51)73(22)60(49)83/h31-39,42-51H,23-30H2,1-22H3,(H,63,76)(H,65,77)(H,66,75,85)/t37?,38-,39?,42-,43-,44-,45+,46?,47-,48-,49+,50+,51-/m1/s1. The van der Waals surface area contributed by atoms with Gasteiger partial charge in [0.15, 0.2) is 0 Å². The van der Waals surface area contributed by atoms with Crippen LogP contribution in [0.15, 0.2) is 5.38 Å². The van der Waals surface area contributed by atoms with Crippen LogP contribution < -0.4 is 16.0 Å². The Bertz CT molecular complexity index is 2650. The Morgan fingerprint density at radius 2 is 0.989 bits per heavy atom. The van der Waals surface area contributed by atoms with Gasteiger partial charge in [0.2, 0.25) is 59.1 Å². The fraction of sp³-hybridized carbons (Fsp3) is 0.774. The first-order valence-electron chi connectivity index (χ1n) is 31.1. The van der Waals surface area contributed by atoms with Crippen molar-refractivity contribution in [3.63, 3.8) is 0 Å². The van der Waals surface area contributed by atoms with Crippen molar-refractivity contribution in [2.24, 2.45) is 29.6 Å². The van der Waals surface area contributed by atoms with Gasteiger partial charge in [0, 0.05) is 54.7 Å². The molecule has 12 amide bonds. The van der Waals surface area contributed by atoms with E-state index in [4.69, 9.17) is 4.74 Å². The highest BCUT2D eigenvalue weighted by Crippen LogP contribution is 2.37. The molecule has 3 N–H and O–H groups in total. The highest BCUT2D eigenvalue weighted by molar-refractivity contribution is 7.09. The van der Waals surface area contributed by atoms with Crippen molar-refractivity contribution in [1.82, 2.24) is 60.1 Å².